The van der Waals surface area contributed by atoms with Gasteiger partial charge in [0.1, 0.15) is 0 Å². The molecule has 2 nitrogen and oxygen atoms in total. The van der Waals surface area contributed by atoms with Gasteiger partial charge in [-0.1, -0.05) is 31.9 Å². The predicted molar refractivity (Wildman–Crippen MR) is 79.3 cm³/mol. The topological polar surface area (TPSA) is 38.9 Å². The van der Waals surface area contributed by atoms with Crippen LogP contribution in [0.1, 0.15) is 22.3 Å². The van der Waals surface area contributed by atoms with Gasteiger partial charge in [0.15, 0.2) is 0 Å². The Morgan fingerprint density at radius 2 is 1.94 bits per heavy atom. The van der Waals surface area contributed by atoms with Crippen LogP contribution in [-0.4, -0.2) is 4.98 Å². The van der Waals surface area contributed by atoms with Crippen LogP contribution in [0.25, 0.3) is 0 Å². The van der Waals surface area contributed by atoms with Crippen LogP contribution in [0.4, 0.5) is 0 Å². The number of rotatable bonds is 3. The summed E-state index contributed by atoms with van der Waals surface area (Å²) in [4.78, 5) is 4.44. The fourth-order valence-corrected chi connectivity index (χ4v) is 3.75. The van der Waals surface area contributed by atoms with E-state index in [1.807, 2.05) is 13.0 Å². The first kappa shape index (κ1) is 13.2. The van der Waals surface area contributed by atoms with E-state index >= 15 is 0 Å². The summed E-state index contributed by atoms with van der Waals surface area (Å²) in [5.74, 6) is 0. The number of nitrogens with zero attached hydrogens (tertiary/aromatic N) is 1. The second kappa shape index (κ2) is 5.61. The molecule has 0 aliphatic carbocycles. The molecule has 0 aliphatic heterocycles. The van der Waals surface area contributed by atoms with E-state index in [1.165, 1.54) is 0 Å². The van der Waals surface area contributed by atoms with Gasteiger partial charge in [-0.25, -0.2) is 4.98 Å². The molecule has 0 bridgehead atoms. The van der Waals surface area contributed by atoms with Crippen LogP contribution in [-0.2, 0) is 6.42 Å². The molecule has 0 saturated heterocycles. The van der Waals surface area contributed by atoms with E-state index in [0.29, 0.717) is 0 Å². The number of aryl methyl sites for hydroxylation is 1. The van der Waals surface area contributed by atoms with Gasteiger partial charge in [0.25, 0.3) is 0 Å². The quantitative estimate of drug-likeness (QED) is 0.872. The van der Waals surface area contributed by atoms with Gasteiger partial charge < -0.3 is 5.73 Å². The number of halogens is 2. The molecule has 1 heterocycles. The Bertz CT molecular complexity index is 505. The lowest BCUT2D eigenvalue weighted by Crippen LogP contribution is -2.13. The molecule has 0 fully saturated rings. The van der Waals surface area contributed by atoms with Crippen LogP contribution in [0.2, 0.25) is 0 Å². The second-order valence-corrected chi connectivity index (χ2v) is 6.67. The summed E-state index contributed by atoms with van der Waals surface area (Å²) in [6.45, 7) is 2.00. The SMILES string of the molecule is Cc1csc(CC(N)c2cc(Br)cc(Br)c2)n1. The molecule has 1 aromatic heterocycles. The summed E-state index contributed by atoms with van der Waals surface area (Å²) in [5, 5.41) is 3.14. The predicted octanol–water partition coefficient (Wildman–Crippen LogP) is 4.22. The largest absolute Gasteiger partial charge is 0.324 e. The molecule has 0 spiro atoms. The summed E-state index contributed by atoms with van der Waals surface area (Å²) in [6, 6.07) is 6.09. The van der Waals surface area contributed by atoms with Crippen LogP contribution in [0, 0.1) is 6.92 Å². The number of aromatic nitrogens is 1. The van der Waals surface area contributed by atoms with Crippen molar-refractivity contribution in [3.8, 4) is 0 Å². The Hall–Kier alpha value is -0.230. The third-order valence-corrected chi connectivity index (χ3v) is 4.28. The Morgan fingerprint density at radius 3 is 2.47 bits per heavy atom. The van der Waals surface area contributed by atoms with Crippen LogP contribution in [0.15, 0.2) is 32.5 Å². The molecule has 17 heavy (non-hydrogen) atoms. The van der Waals surface area contributed by atoms with Crippen molar-refractivity contribution in [1.29, 1.82) is 0 Å². The van der Waals surface area contributed by atoms with Gasteiger partial charge in [-0.15, -0.1) is 11.3 Å². The molecule has 0 aliphatic rings. The van der Waals surface area contributed by atoms with E-state index in [0.717, 1.165) is 31.6 Å². The smallest absolute Gasteiger partial charge is 0.0947 e. The van der Waals surface area contributed by atoms with Gasteiger partial charge >= 0.3 is 0 Å². The maximum Gasteiger partial charge on any atom is 0.0947 e. The first-order valence-electron chi connectivity index (χ1n) is 5.17. The zero-order valence-corrected chi connectivity index (χ0v) is 13.3. The Kier molecular flexibility index (Phi) is 4.36. The van der Waals surface area contributed by atoms with Crippen LogP contribution >= 0.6 is 43.2 Å². The number of hydrogen-bond donors (Lipinski definition) is 1. The lowest BCUT2D eigenvalue weighted by Gasteiger charge is -2.11. The van der Waals surface area contributed by atoms with E-state index in [1.54, 1.807) is 11.3 Å². The van der Waals surface area contributed by atoms with Crippen LogP contribution in [0.3, 0.4) is 0 Å². The first-order chi connectivity index (χ1) is 8.04. The van der Waals surface area contributed by atoms with Crippen molar-refractivity contribution in [2.45, 2.75) is 19.4 Å². The van der Waals surface area contributed by atoms with E-state index in [2.05, 4.69) is 54.4 Å². The van der Waals surface area contributed by atoms with E-state index in [9.17, 15) is 0 Å². The van der Waals surface area contributed by atoms with E-state index < -0.39 is 0 Å². The van der Waals surface area contributed by atoms with Gasteiger partial charge in [-0.05, 0) is 30.7 Å². The van der Waals surface area contributed by atoms with Gasteiger partial charge in [-0.3, -0.25) is 0 Å². The Morgan fingerprint density at radius 1 is 1.29 bits per heavy atom. The molecule has 1 unspecified atom stereocenters. The molecule has 1 atom stereocenters. The molecular weight excluding hydrogens is 364 g/mol. The van der Waals surface area contributed by atoms with Crippen molar-refractivity contribution in [1.82, 2.24) is 4.98 Å². The third kappa shape index (κ3) is 3.61. The van der Waals surface area contributed by atoms with Gasteiger partial charge in [0.2, 0.25) is 0 Å². The monoisotopic (exact) mass is 374 g/mol. The summed E-state index contributed by atoms with van der Waals surface area (Å²) in [7, 11) is 0. The summed E-state index contributed by atoms with van der Waals surface area (Å²) < 4.78 is 2.07. The van der Waals surface area contributed by atoms with Crippen molar-refractivity contribution in [3.05, 3.63) is 48.8 Å². The highest BCUT2D eigenvalue weighted by Crippen LogP contribution is 2.25. The summed E-state index contributed by atoms with van der Waals surface area (Å²) in [5.41, 5.74) is 8.37. The molecule has 1 aromatic carbocycles. The van der Waals surface area contributed by atoms with Crippen molar-refractivity contribution < 1.29 is 0 Å². The molecule has 90 valence electrons. The maximum atomic E-state index is 6.20. The van der Waals surface area contributed by atoms with Crippen molar-refractivity contribution >= 4 is 43.2 Å². The number of hydrogen-bond acceptors (Lipinski definition) is 3. The van der Waals surface area contributed by atoms with Crippen molar-refractivity contribution in [2.24, 2.45) is 5.73 Å². The third-order valence-electron chi connectivity index (χ3n) is 2.37. The minimum atomic E-state index is -0.0191. The fourth-order valence-electron chi connectivity index (χ4n) is 1.59. The molecule has 2 aromatic rings. The number of nitrogens with two attached hydrogens (primary N) is 1. The summed E-state index contributed by atoms with van der Waals surface area (Å²) >= 11 is 8.61. The molecular formula is C12H12Br2N2S. The molecule has 0 amide bonds. The Labute approximate surface area is 122 Å². The lowest BCUT2D eigenvalue weighted by molar-refractivity contribution is 0.716. The summed E-state index contributed by atoms with van der Waals surface area (Å²) in [6.07, 6.45) is 0.779. The minimum Gasteiger partial charge on any atom is -0.324 e. The lowest BCUT2D eigenvalue weighted by atomic mass is 10.1. The molecule has 0 saturated carbocycles. The zero-order chi connectivity index (χ0) is 12.4. The molecule has 5 heteroatoms. The fraction of sp³-hybridized carbons (Fsp3) is 0.250. The molecule has 2 rings (SSSR count). The highest BCUT2D eigenvalue weighted by atomic mass is 79.9. The van der Waals surface area contributed by atoms with E-state index in [4.69, 9.17) is 5.73 Å². The minimum absolute atomic E-state index is 0.0191. The normalized spacial score (nSPS) is 12.7. The molecule has 2 N–H and O–H groups in total. The average Bonchev–Trinajstić information content (AvgIpc) is 2.62. The van der Waals surface area contributed by atoms with E-state index in [-0.39, 0.29) is 6.04 Å². The number of benzene rings is 1. The highest BCUT2D eigenvalue weighted by molar-refractivity contribution is 9.11. The van der Waals surface area contributed by atoms with Gasteiger partial charge in [-0.2, -0.15) is 0 Å². The number of thiazole rings is 1. The molecule has 0 radical (unpaired) electrons. The average molecular weight is 376 g/mol. The standard InChI is InChI=1S/C12H12Br2N2S/c1-7-6-17-12(16-7)5-11(15)8-2-9(13)4-10(14)3-8/h2-4,6,11H,5,15H2,1H3. The van der Waals surface area contributed by atoms with Crippen LogP contribution < -0.4 is 5.73 Å². The van der Waals surface area contributed by atoms with Gasteiger partial charge in [0.05, 0.1) is 5.01 Å². The zero-order valence-electron chi connectivity index (χ0n) is 9.28. The van der Waals surface area contributed by atoms with Crippen LogP contribution in [0.5, 0.6) is 0 Å². The van der Waals surface area contributed by atoms with Crippen molar-refractivity contribution in [2.75, 3.05) is 0 Å². The second-order valence-electron chi connectivity index (χ2n) is 3.90. The Balaban J connectivity index is 2.16. The highest BCUT2D eigenvalue weighted by Gasteiger charge is 2.10. The first-order valence-corrected chi connectivity index (χ1v) is 7.64. The maximum absolute atomic E-state index is 6.20. The van der Waals surface area contributed by atoms with Crippen molar-refractivity contribution in [3.63, 3.8) is 0 Å². The van der Waals surface area contributed by atoms with Gasteiger partial charge in [0, 0.05) is 32.5 Å².